The van der Waals surface area contributed by atoms with Gasteiger partial charge in [-0.1, -0.05) is 66.7 Å². The van der Waals surface area contributed by atoms with E-state index in [2.05, 4.69) is 23.1 Å². The summed E-state index contributed by atoms with van der Waals surface area (Å²) in [6.07, 6.45) is 0. The van der Waals surface area contributed by atoms with Crippen molar-refractivity contribution in [2.75, 3.05) is 31.1 Å². The number of benzene rings is 3. The summed E-state index contributed by atoms with van der Waals surface area (Å²) >= 11 is 0. The number of anilines is 1. The third kappa shape index (κ3) is 3.50. The molecule has 5 rings (SSSR count). The lowest BCUT2D eigenvalue weighted by Crippen LogP contribution is -2.49. The third-order valence-corrected chi connectivity index (χ3v) is 5.51. The van der Waals surface area contributed by atoms with E-state index in [1.807, 2.05) is 71.6 Å². The third-order valence-electron chi connectivity index (χ3n) is 5.51. The molecular formula is C25H22N4O. The molecule has 30 heavy (non-hydrogen) atoms. The van der Waals surface area contributed by atoms with Crippen LogP contribution in [0.15, 0.2) is 84.9 Å². The van der Waals surface area contributed by atoms with E-state index < -0.39 is 0 Å². The Kier molecular flexibility index (Phi) is 4.85. The van der Waals surface area contributed by atoms with E-state index in [1.165, 1.54) is 0 Å². The van der Waals surface area contributed by atoms with Crippen molar-refractivity contribution in [2.24, 2.45) is 0 Å². The molecule has 0 saturated carbocycles. The second-order valence-corrected chi connectivity index (χ2v) is 7.40. The second-order valence-electron chi connectivity index (χ2n) is 7.40. The molecule has 0 radical (unpaired) electrons. The molecule has 1 saturated heterocycles. The fourth-order valence-electron chi connectivity index (χ4n) is 3.89. The molecule has 0 atom stereocenters. The zero-order chi connectivity index (χ0) is 20.3. The number of para-hydroxylation sites is 1. The maximum absolute atomic E-state index is 12.7. The van der Waals surface area contributed by atoms with Crippen LogP contribution in [0.3, 0.4) is 0 Å². The van der Waals surface area contributed by atoms with Crippen molar-refractivity contribution in [1.82, 2.24) is 14.9 Å². The number of carbonyl (C=O) groups excluding carboxylic acids is 1. The Morgan fingerprint density at radius 2 is 1.33 bits per heavy atom. The van der Waals surface area contributed by atoms with E-state index in [0.29, 0.717) is 26.2 Å². The molecule has 0 unspecified atom stereocenters. The Labute approximate surface area is 175 Å². The fourth-order valence-corrected chi connectivity index (χ4v) is 3.89. The van der Waals surface area contributed by atoms with Crippen LogP contribution in [0.4, 0.5) is 5.95 Å². The number of piperazine rings is 1. The lowest BCUT2D eigenvalue weighted by atomic mass is 10.1. The summed E-state index contributed by atoms with van der Waals surface area (Å²) in [5, 5.41) is 1.05. The number of nitrogens with zero attached hydrogens (tertiary/aromatic N) is 4. The van der Waals surface area contributed by atoms with Crippen molar-refractivity contribution >= 4 is 22.8 Å². The smallest absolute Gasteiger partial charge is 0.253 e. The van der Waals surface area contributed by atoms with Gasteiger partial charge in [-0.3, -0.25) is 4.79 Å². The van der Waals surface area contributed by atoms with Crippen molar-refractivity contribution < 1.29 is 4.79 Å². The molecule has 148 valence electrons. The van der Waals surface area contributed by atoms with Gasteiger partial charge in [-0.2, -0.15) is 0 Å². The Balaban J connectivity index is 1.42. The van der Waals surface area contributed by atoms with E-state index >= 15 is 0 Å². The molecule has 0 N–H and O–H groups in total. The zero-order valence-electron chi connectivity index (χ0n) is 16.6. The zero-order valence-corrected chi connectivity index (χ0v) is 16.6. The number of rotatable bonds is 3. The average molecular weight is 394 g/mol. The van der Waals surface area contributed by atoms with E-state index in [9.17, 15) is 4.79 Å². The molecule has 5 heteroatoms. The Morgan fingerprint density at radius 3 is 2.07 bits per heavy atom. The maximum Gasteiger partial charge on any atom is 0.253 e. The van der Waals surface area contributed by atoms with Gasteiger partial charge in [0, 0.05) is 42.7 Å². The standard InChI is InChI=1S/C25H22N4O/c30-24(20-11-5-2-6-12-20)28-15-17-29(18-16-28)25-26-22-14-8-7-13-21(22)23(27-25)19-9-3-1-4-10-19/h1-14H,15-18H2. The molecular weight excluding hydrogens is 372 g/mol. The van der Waals surface area contributed by atoms with Crippen LogP contribution in [0.2, 0.25) is 0 Å². The molecule has 0 aliphatic carbocycles. The number of hydrogen-bond donors (Lipinski definition) is 0. The van der Waals surface area contributed by atoms with Crippen LogP contribution in [-0.2, 0) is 0 Å². The molecule has 5 nitrogen and oxygen atoms in total. The Hall–Kier alpha value is -3.73. The lowest BCUT2D eigenvalue weighted by molar-refractivity contribution is 0.0746. The number of aromatic nitrogens is 2. The number of amides is 1. The van der Waals surface area contributed by atoms with Gasteiger partial charge in [-0.15, -0.1) is 0 Å². The minimum atomic E-state index is 0.0830. The summed E-state index contributed by atoms with van der Waals surface area (Å²) in [7, 11) is 0. The van der Waals surface area contributed by atoms with E-state index in [0.717, 1.165) is 33.7 Å². The predicted molar refractivity (Wildman–Crippen MR) is 120 cm³/mol. The minimum Gasteiger partial charge on any atom is -0.337 e. The molecule has 1 aromatic heterocycles. The first-order valence-electron chi connectivity index (χ1n) is 10.2. The largest absolute Gasteiger partial charge is 0.337 e. The van der Waals surface area contributed by atoms with Crippen molar-refractivity contribution in [1.29, 1.82) is 0 Å². The normalized spacial score (nSPS) is 14.1. The molecule has 1 aliphatic heterocycles. The minimum absolute atomic E-state index is 0.0830. The van der Waals surface area contributed by atoms with Crippen molar-refractivity contribution in [3.63, 3.8) is 0 Å². The molecule has 4 aromatic rings. The summed E-state index contributed by atoms with van der Waals surface area (Å²) in [5.41, 5.74) is 3.69. The Morgan fingerprint density at radius 1 is 0.700 bits per heavy atom. The maximum atomic E-state index is 12.7. The van der Waals surface area contributed by atoms with Gasteiger partial charge < -0.3 is 9.80 Å². The Bertz CT molecular complexity index is 1170. The first-order chi connectivity index (χ1) is 14.8. The monoisotopic (exact) mass is 394 g/mol. The summed E-state index contributed by atoms with van der Waals surface area (Å²) in [6, 6.07) is 27.8. The van der Waals surface area contributed by atoms with Gasteiger partial charge in [0.1, 0.15) is 0 Å². The number of carbonyl (C=O) groups is 1. The van der Waals surface area contributed by atoms with Crippen LogP contribution < -0.4 is 4.90 Å². The highest BCUT2D eigenvalue weighted by atomic mass is 16.2. The summed E-state index contributed by atoms with van der Waals surface area (Å²) < 4.78 is 0. The summed E-state index contributed by atoms with van der Waals surface area (Å²) in [5.74, 6) is 0.805. The van der Waals surface area contributed by atoms with Gasteiger partial charge in [-0.05, 0) is 18.2 Å². The molecule has 3 aromatic carbocycles. The predicted octanol–water partition coefficient (Wildman–Crippen LogP) is 4.26. The molecule has 1 amide bonds. The highest BCUT2D eigenvalue weighted by molar-refractivity contribution is 5.94. The van der Waals surface area contributed by atoms with E-state index in [4.69, 9.17) is 9.97 Å². The van der Waals surface area contributed by atoms with Gasteiger partial charge in [0.15, 0.2) is 0 Å². The molecule has 1 fully saturated rings. The van der Waals surface area contributed by atoms with Gasteiger partial charge in [0.05, 0.1) is 11.2 Å². The summed E-state index contributed by atoms with van der Waals surface area (Å²) in [4.78, 5) is 26.6. The van der Waals surface area contributed by atoms with Crippen LogP contribution in [-0.4, -0.2) is 47.0 Å². The average Bonchev–Trinajstić information content (AvgIpc) is 2.84. The first kappa shape index (κ1) is 18.3. The molecule has 0 spiro atoms. The van der Waals surface area contributed by atoms with Crippen molar-refractivity contribution in [3.05, 3.63) is 90.5 Å². The lowest BCUT2D eigenvalue weighted by Gasteiger charge is -2.35. The first-order valence-corrected chi connectivity index (χ1v) is 10.2. The van der Waals surface area contributed by atoms with Crippen LogP contribution in [0.1, 0.15) is 10.4 Å². The van der Waals surface area contributed by atoms with Gasteiger partial charge in [0.2, 0.25) is 5.95 Å². The van der Waals surface area contributed by atoms with Gasteiger partial charge in [-0.25, -0.2) is 9.97 Å². The highest BCUT2D eigenvalue weighted by Gasteiger charge is 2.24. The van der Waals surface area contributed by atoms with Crippen LogP contribution in [0, 0.1) is 0 Å². The van der Waals surface area contributed by atoms with Gasteiger partial charge in [0.25, 0.3) is 5.91 Å². The quantitative estimate of drug-likeness (QED) is 0.521. The van der Waals surface area contributed by atoms with Crippen LogP contribution in [0.5, 0.6) is 0 Å². The molecule has 2 heterocycles. The van der Waals surface area contributed by atoms with Crippen LogP contribution >= 0.6 is 0 Å². The highest BCUT2D eigenvalue weighted by Crippen LogP contribution is 2.28. The topological polar surface area (TPSA) is 49.3 Å². The van der Waals surface area contributed by atoms with Crippen LogP contribution in [0.25, 0.3) is 22.2 Å². The van der Waals surface area contributed by atoms with Crippen molar-refractivity contribution in [2.45, 2.75) is 0 Å². The number of hydrogen-bond acceptors (Lipinski definition) is 4. The van der Waals surface area contributed by atoms with Gasteiger partial charge >= 0.3 is 0 Å². The number of fused-ring (bicyclic) bond motifs is 1. The molecule has 1 aliphatic rings. The van der Waals surface area contributed by atoms with E-state index in [1.54, 1.807) is 0 Å². The SMILES string of the molecule is O=C(c1ccccc1)N1CCN(c2nc(-c3ccccc3)c3ccccc3n2)CC1. The van der Waals surface area contributed by atoms with E-state index in [-0.39, 0.29) is 5.91 Å². The summed E-state index contributed by atoms with van der Waals surface area (Å²) in [6.45, 7) is 2.74. The van der Waals surface area contributed by atoms with Crippen molar-refractivity contribution in [3.8, 4) is 11.3 Å². The fraction of sp³-hybridized carbons (Fsp3) is 0.160. The molecule has 0 bridgehead atoms. The second kappa shape index (κ2) is 7.95.